The molecule has 0 saturated carbocycles. The molecule has 35 heavy (non-hydrogen) atoms. The van der Waals surface area contributed by atoms with E-state index in [1.807, 2.05) is 6.07 Å². The van der Waals surface area contributed by atoms with Gasteiger partial charge in [-0.3, -0.25) is 19.3 Å². The number of carbonyl (C=O) groups is 4. The molecule has 1 atom stereocenters. The number of carbonyl (C=O) groups excluding carboxylic acids is 4. The van der Waals surface area contributed by atoms with Gasteiger partial charge in [0.05, 0.1) is 24.8 Å². The summed E-state index contributed by atoms with van der Waals surface area (Å²) in [4.78, 5) is 51.1. The van der Waals surface area contributed by atoms with Crippen molar-refractivity contribution in [2.24, 2.45) is 0 Å². The molecule has 0 aliphatic carbocycles. The average molecular weight is 474 g/mol. The summed E-state index contributed by atoms with van der Waals surface area (Å²) in [5.41, 5.74) is 1.83. The third-order valence-corrected chi connectivity index (χ3v) is 5.35. The monoisotopic (exact) mass is 473 g/mol. The number of anilines is 1. The van der Waals surface area contributed by atoms with Gasteiger partial charge in [0.2, 0.25) is 6.29 Å². The number of esters is 1. The second-order valence-electron chi connectivity index (χ2n) is 8.11. The van der Waals surface area contributed by atoms with E-state index in [1.165, 1.54) is 17.0 Å². The lowest BCUT2D eigenvalue weighted by Crippen LogP contribution is -2.37. The van der Waals surface area contributed by atoms with Crippen LogP contribution in [0, 0.1) is 0 Å². The summed E-state index contributed by atoms with van der Waals surface area (Å²) >= 11 is 0. The van der Waals surface area contributed by atoms with Crippen LogP contribution in [0.1, 0.15) is 52.6 Å². The van der Waals surface area contributed by atoms with E-state index in [0.717, 1.165) is 0 Å². The van der Waals surface area contributed by atoms with Crippen molar-refractivity contribution in [1.29, 1.82) is 0 Å². The van der Waals surface area contributed by atoms with Crippen LogP contribution in [0.4, 0.5) is 5.69 Å². The molecule has 0 bridgehead atoms. The third-order valence-electron chi connectivity index (χ3n) is 5.35. The van der Waals surface area contributed by atoms with Gasteiger partial charge in [0.1, 0.15) is 5.75 Å². The van der Waals surface area contributed by atoms with Crippen LogP contribution in [0.2, 0.25) is 0 Å². The fourth-order valence-electron chi connectivity index (χ4n) is 3.66. The minimum absolute atomic E-state index is 0.0624. The maximum absolute atomic E-state index is 13.2. The van der Waals surface area contributed by atoms with E-state index in [2.05, 4.69) is 0 Å². The van der Waals surface area contributed by atoms with E-state index in [4.69, 9.17) is 9.47 Å². The Labute approximate surface area is 204 Å². The zero-order valence-corrected chi connectivity index (χ0v) is 19.8. The Kier molecular flexibility index (Phi) is 8.51. The number of nitrogens with zero attached hydrogens (tertiary/aromatic N) is 1. The fourth-order valence-corrected chi connectivity index (χ4v) is 3.66. The van der Waals surface area contributed by atoms with Crippen LogP contribution < -0.4 is 9.64 Å². The molecule has 180 valence electrons. The van der Waals surface area contributed by atoms with E-state index >= 15 is 0 Å². The highest BCUT2D eigenvalue weighted by molar-refractivity contribution is 6.30. The van der Waals surface area contributed by atoms with Gasteiger partial charge >= 0.3 is 5.97 Å². The van der Waals surface area contributed by atoms with Crippen LogP contribution in [0.15, 0.2) is 78.9 Å². The van der Waals surface area contributed by atoms with E-state index in [9.17, 15) is 19.2 Å². The first-order chi connectivity index (χ1) is 16.8. The molecule has 3 aromatic carbocycles. The summed E-state index contributed by atoms with van der Waals surface area (Å²) in [6, 6.07) is 21.1. The van der Waals surface area contributed by atoms with Crippen LogP contribution in [-0.4, -0.2) is 37.2 Å². The Bertz CT molecular complexity index is 1170. The van der Waals surface area contributed by atoms with Gasteiger partial charge in [-0.05, 0) is 67.9 Å². The molecule has 0 N–H and O–H groups in total. The Morgan fingerprint density at radius 3 is 2.00 bits per heavy atom. The number of amides is 1. The lowest BCUT2D eigenvalue weighted by atomic mass is 9.95. The summed E-state index contributed by atoms with van der Waals surface area (Å²) in [6.07, 6.45) is -0.122. The second-order valence-corrected chi connectivity index (χ2v) is 8.11. The van der Waals surface area contributed by atoms with E-state index in [0.29, 0.717) is 28.1 Å². The van der Waals surface area contributed by atoms with Gasteiger partial charge in [0, 0.05) is 17.7 Å². The van der Waals surface area contributed by atoms with Crippen LogP contribution in [0.3, 0.4) is 0 Å². The van der Waals surface area contributed by atoms with Gasteiger partial charge in [-0.2, -0.15) is 0 Å². The van der Waals surface area contributed by atoms with Crippen molar-refractivity contribution in [3.05, 3.63) is 95.6 Å². The molecule has 1 amide bonds. The molecule has 3 rings (SSSR count). The molecule has 0 aromatic heterocycles. The highest BCUT2D eigenvalue weighted by atomic mass is 16.5. The summed E-state index contributed by atoms with van der Waals surface area (Å²) in [7, 11) is 1.54. The molecule has 7 heteroatoms. The second kappa shape index (κ2) is 11.7. The highest BCUT2D eigenvalue weighted by Gasteiger charge is 2.29. The zero-order valence-electron chi connectivity index (χ0n) is 19.8. The summed E-state index contributed by atoms with van der Waals surface area (Å²) in [6.45, 7) is 3.50. The lowest BCUT2D eigenvalue weighted by Gasteiger charge is -2.31. The SMILES string of the molecule is COc1ccc(C(=O)CC(c2ccccc2)N(C(=O)C=O)c2ccc(C(=O)OC(C)C)cc2)cc1. The number of methoxy groups -OCH3 is 1. The van der Waals surface area contributed by atoms with Crippen molar-refractivity contribution in [2.75, 3.05) is 12.0 Å². The number of Topliss-reactive ketones (excluding diaryl/α,β-unsaturated/α-hetero) is 1. The molecular weight excluding hydrogens is 446 g/mol. The molecule has 1 unspecified atom stereocenters. The van der Waals surface area contributed by atoms with Crippen molar-refractivity contribution < 1.29 is 28.7 Å². The zero-order chi connectivity index (χ0) is 25.4. The van der Waals surface area contributed by atoms with Crippen LogP contribution in [0.5, 0.6) is 5.75 Å². The average Bonchev–Trinajstić information content (AvgIpc) is 2.88. The third kappa shape index (κ3) is 6.41. The van der Waals surface area contributed by atoms with Crippen molar-refractivity contribution in [3.63, 3.8) is 0 Å². The minimum Gasteiger partial charge on any atom is -0.497 e. The van der Waals surface area contributed by atoms with E-state index < -0.39 is 17.9 Å². The lowest BCUT2D eigenvalue weighted by molar-refractivity contribution is -0.129. The topological polar surface area (TPSA) is 90.0 Å². The predicted octanol–water partition coefficient (Wildman–Crippen LogP) is 4.81. The van der Waals surface area contributed by atoms with Gasteiger partial charge in [-0.25, -0.2) is 4.79 Å². The quantitative estimate of drug-likeness (QED) is 0.182. The van der Waals surface area contributed by atoms with E-state index in [1.54, 1.807) is 81.6 Å². The van der Waals surface area contributed by atoms with E-state index in [-0.39, 0.29) is 24.6 Å². The summed E-state index contributed by atoms with van der Waals surface area (Å²) < 4.78 is 10.4. The van der Waals surface area contributed by atoms with Crippen LogP contribution in [0.25, 0.3) is 0 Å². The molecule has 3 aromatic rings. The summed E-state index contributed by atoms with van der Waals surface area (Å²) in [5, 5.41) is 0. The minimum atomic E-state index is -0.807. The fraction of sp³-hybridized carbons (Fsp3) is 0.214. The largest absolute Gasteiger partial charge is 0.497 e. The molecule has 0 aliphatic rings. The van der Waals surface area contributed by atoms with Crippen molar-refractivity contribution in [1.82, 2.24) is 0 Å². The number of ether oxygens (including phenoxy) is 2. The van der Waals surface area contributed by atoms with Gasteiger partial charge in [-0.1, -0.05) is 30.3 Å². The standard InChI is InChI=1S/C28H27NO6/c1-19(2)35-28(33)22-9-13-23(14-10-22)29(27(32)18-30)25(20-7-5-4-6-8-20)17-26(31)21-11-15-24(34-3)16-12-21/h4-16,18-19,25H,17H2,1-3H3. The number of hydrogen-bond donors (Lipinski definition) is 0. The molecule has 0 aliphatic heterocycles. The number of rotatable bonds is 10. The first-order valence-electron chi connectivity index (χ1n) is 11.2. The van der Waals surface area contributed by atoms with Crippen molar-refractivity contribution in [3.8, 4) is 5.75 Å². The van der Waals surface area contributed by atoms with Gasteiger partial charge in [-0.15, -0.1) is 0 Å². The maximum Gasteiger partial charge on any atom is 0.338 e. The van der Waals surface area contributed by atoms with Crippen LogP contribution >= 0.6 is 0 Å². The first kappa shape index (κ1) is 25.4. The van der Waals surface area contributed by atoms with Gasteiger partial charge < -0.3 is 9.47 Å². The first-order valence-corrected chi connectivity index (χ1v) is 11.2. The number of benzene rings is 3. The molecule has 0 radical (unpaired) electrons. The number of hydrogen-bond acceptors (Lipinski definition) is 6. The number of aldehydes is 1. The molecular formula is C28H27NO6. The summed E-state index contributed by atoms with van der Waals surface area (Å²) in [5.74, 6) is -0.884. The van der Waals surface area contributed by atoms with Crippen molar-refractivity contribution in [2.45, 2.75) is 32.4 Å². The molecule has 0 saturated heterocycles. The number of ketones is 1. The Balaban J connectivity index is 1.99. The Hall–Kier alpha value is -4.26. The Morgan fingerprint density at radius 1 is 0.857 bits per heavy atom. The maximum atomic E-state index is 13.2. The van der Waals surface area contributed by atoms with Crippen LogP contribution in [-0.2, 0) is 14.3 Å². The van der Waals surface area contributed by atoms with Crippen molar-refractivity contribution >= 4 is 29.6 Å². The normalized spacial score (nSPS) is 11.4. The van der Waals surface area contributed by atoms with Gasteiger partial charge in [0.15, 0.2) is 5.78 Å². The predicted molar refractivity (Wildman–Crippen MR) is 132 cm³/mol. The molecule has 0 heterocycles. The smallest absolute Gasteiger partial charge is 0.338 e. The molecule has 7 nitrogen and oxygen atoms in total. The Morgan fingerprint density at radius 2 is 1.46 bits per heavy atom. The highest BCUT2D eigenvalue weighted by Crippen LogP contribution is 2.32. The molecule has 0 spiro atoms. The van der Waals surface area contributed by atoms with Gasteiger partial charge in [0.25, 0.3) is 5.91 Å². The molecule has 0 fully saturated rings.